The van der Waals surface area contributed by atoms with E-state index in [0.29, 0.717) is 24.3 Å². The Bertz CT molecular complexity index is 461. The molecule has 0 amide bonds. The minimum Gasteiger partial charge on any atom is -0.496 e. The maximum Gasteiger partial charge on any atom is 0.124 e. The van der Waals surface area contributed by atoms with Crippen molar-refractivity contribution in [3.05, 3.63) is 23.3 Å². The van der Waals surface area contributed by atoms with Gasteiger partial charge in [-0.15, -0.1) is 23.2 Å². The van der Waals surface area contributed by atoms with Crippen LogP contribution in [-0.2, 0) is 11.8 Å². The molecule has 1 rings (SSSR count). The first-order valence-electron chi connectivity index (χ1n) is 8.46. The van der Waals surface area contributed by atoms with Crippen molar-refractivity contribution < 1.29 is 9.47 Å². The Balaban J connectivity index is 2.53. The molecule has 0 aliphatic carbocycles. The molecule has 4 heteroatoms. The number of halogens is 2. The van der Waals surface area contributed by atoms with Gasteiger partial charge in [0.05, 0.1) is 25.5 Å². The molecule has 0 spiro atoms. The summed E-state index contributed by atoms with van der Waals surface area (Å²) in [6.07, 6.45) is 4.92. The molecule has 0 aliphatic rings. The third-order valence-corrected chi connectivity index (χ3v) is 4.67. The van der Waals surface area contributed by atoms with Crippen molar-refractivity contribution in [2.75, 3.05) is 13.7 Å². The molecule has 0 N–H and O–H groups in total. The fourth-order valence-corrected chi connectivity index (χ4v) is 2.98. The van der Waals surface area contributed by atoms with Gasteiger partial charge in [0, 0.05) is 11.1 Å². The molecule has 0 aliphatic heterocycles. The lowest BCUT2D eigenvalue weighted by Gasteiger charge is -2.16. The monoisotopic (exact) mass is 362 g/mol. The molecule has 0 saturated carbocycles. The largest absolute Gasteiger partial charge is 0.496 e. The zero-order chi connectivity index (χ0) is 17.2. The van der Waals surface area contributed by atoms with Gasteiger partial charge in [-0.25, -0.2) is 0 Å². The van der Waals surface area contributed by atoms with Gasteiger partial charge in [0.15, 0.2) is 0 Å². The molecule has 0 saturated heterocycles. The summed E-state index contributed by atoms with van der Waals surface area (Å²) in [4.78, 5) is 0. The number of alkyl halides is 2. The van der Waals surface area contributed by atoms with E-state index < -0.39 is 0 Å². The van der Waals surface area contributed by atoms with Gasteiger partial charge in [-0.1, -0.05) is 40.0 Å². The molecule has 0 bridgehead atoms. The SMILES string of the molecule is COc1cc([13CH2]Cl)c(OCCC(C)CCCC(C)C)cc1[13CH2]Cl. The quantitative estimate of drug-likeness (QED) is 0.334. The predicted molar refractivity (Wildman–Crippen MR) is 100 cm³/mol. The minimum atomic E-state index is 0.397. The highest BCUT2D eigenvalue weighted by molar-refractivity contribution is 6.18. The van der Waals surface area contributed by atoms with Crippen molar-refractivity contribution in [2.24, 2.45) is 11.8 Å². The van der Waals surface area contributed by atoms with Crippen LogP contribution in [0.1, 0.15) is 57.6 Å². The van der Waals surface area contributed by atoms with Crippen molar-refractivity contribution in [1.29, 1.82) is 0 Å². The number of benzene rings is 1. The Labute approximate surface area is 151 Å². The molecule has 1 aromatic rings. The highest BCUT2D eigenvalue weighted by Crippen LogP contribution is 2.31. The highest BCUT2D eigenvalue weighted by Gasteiger charge is 2.11. The average molecular weight is 363 g/mol. The Morgan fingerprint density at radius 3 is 2.09 bits per heavy atom. The molecular formula is C19H30Cl2O2. The minimum absolute atomic E-state index is 0.397. The van der Waals surface area contributed by atoms with E-state index in [2.05, 4.69) is 20.8 Å². The molecule has 0 aromatic heterocycles. The molecular weight excluding hydrogens is 333 g/mol. The van der Waals surface area contributed by atoms with Gasteiger partial charge >= 0.3 is 0 Å². The Hall–Kier alpha value is -0.600. The Morgan fingerprint density at radius 2 is 1.52 bits per heavy atom. The molecule has 0 heterocycles. The molecule has 1 atom stereocenters. The van der Waals surface area contributed by atoms with E-state index in [-0.39, 0.29) is 0 Å². The van der Waals surface area contributed by atoms with Gasteiger partial charge in [0.1, 0.15) is 11.5 Å². The summed E-state index contributed by atoms with van der Waals surface area (Å²) >= 11 is 12.0. The normalized spacial score (nSPS) is 12.5. The van der Waals surface area contributed by atoms with Gasteiger partial charge in [0.2, 0.25) is 0 Å². The first-order valence-corrected chi connectivity index (χ1v) is 9.53. The number of methoxy groups -OCH3 is 1. The predicted octanol–water partition coefficient (Wildman–Crippen LogP) is 6.40. The van der Waals surface area contributed by atoms with Gasteiger partial charge in [-0.05, 0) is 30.4 Å². The van der Waals surface area contributed by atoms with E-state index in [1.807, 2.05) is 12.1 Å². The van der Waals surface area contributed by atoms with Crippen LogP contribution in [0.4, 0.5) is 0 Å². The summed E-state index contributed by atoms with van der Waals surface area (Å²) in [7, 11) is 1.64. The highest BCUT2D eigenvalue weighted by atomic mass is 35.5. The Kier molecular flexibility index (Phi) is 9.81. The van der Waals surface area contributed by atoms with E-state index in [9.17, 15) is 0 Å². The third kappa shape index (κ3) is 7.22. The van der Waals surface area contributed by atoms with Crippen molar-refractivity contribution in [3.8, 4) is 11.5 Å². The van der Waals surface area contributed by atoms with Crippen LogP contribution in [0.25, 0.3) is 0 Å². The van der Waals surface area contributed by atoms with Gasteiger partial charge < -0.3 is 9.47 Å². The second-order valence-corrected chi connectivity index (χ2v) is 7.14. The first kappa shape index (κ1) is 20.4. The van der Waals surface area contributed by atoms with Crippen LogP contribution in [0, 0.1) is 11.8 Å². The number of rotatable bonds is 11. The van der Waals surface area contributed by atoms with Gasteiger partial charge in [0.25, 0.3) is 0 Å². The van der Waals surface area contributed by atoms with Crippen LogP contribution in [0.2, 0.25) is 0 Å². The maximum absolute atomic E-state index is 6.03. The molecule has 2 nitrogen and oxygen atoms in total. The third-order valence-electron chi connectivity index (χ3n) is 4.10. The molecule has 0 fully saturated rings. The summed E-state index contributed by atoms with van der Waals surface area (Å²) in [6.45, 7) is 7.56. The summed E-state index contributed by atoms with van der Waals surface area (Å²) in [5, 5.41) is 0. The molecule has 132 valence electrons. The van der Waals surface area contributed by atoms with Crippen LogP contribution < -0.4 is 9.47 Å². The number of hydrogen-bond donors (Lipinski definition) is 0. The summed E-state index contributed by atoms with van der Waals surface area (Å²) in [6, 6.07) is 3.87. The van der Waals surface area contributed by atoms with E-state index in [1.165, 1.54) is 19.3 Å². The topological polar surface area (TPSA) is 18.5 Å². The average Bonchev–Trinajstić information content (AvgIpc) is 2.53. The van der Waals surface area contributed by atoms with Crippen LogP contribution >= 0.6 is 23.2 Å². The van der Waals surface area contributed by atoms with E-state index in [1.54, 1.807) is 7.11 Å². The second kappa shape index (κ2) is 11.0. The zero-order valence-corrected chi connectivity index (χ0v) is 16.3. The Morgan fingerprint density at radius 1 is 0.913 bits per heavy atom. The lowest BCUT2D eigenvalue weighted by molar-refractivity contribution is 0.273. The maximum atomic E-state index is 6.03. The molecule has 0 radical (unpaired) electrons. The number of hydrogen-bond acceptors (Lipinski definition) is 2. The summed E-state index contributed by atoms with van der Waals surface area (Å²) < 4.78 is 11.3. The van der Waals surface area contributed by atoms with Crippen LogP contribution in [0.5, 0.6) is 11.5 Å². The van der Waals surface area contributed by atoms with Crippen LogP contribution in [0.15, 0.2) is 12.1 Å². The summed E-state index contributed by atoms with van der Waals surface area (Å²) in [5.41, 5.74) is 1.88. The summed E-state index contributed by atoms with van der Waals surface area (Å²) in [5.74, 6) is 3.86. The first-order chi connectivity index (χ1) is 11.0. The van der Waals surface area contributed by atoms with Gasteiger partial charge in [-0.2, -0.15) is 0 Å². The molecule has 1 unspecified atom stereocenters. The van der Waals surface area contributed by atoms with Crippen molar-refractivity contribution >= 4 is 23.2 Å². The van der Waals surface area contributed by atoms with Crippen molar-refractivity contribution in [2.45, 2.75) is 58.2 Å². The fourth-order valence-electron chi connectivity index (χ4n) is 2.57. The van der Waals surface area contributed by atoms with Crippen LogP contribution in [0.3, 0.4) is 0 Å². The molecule has 1 aromatic carbocycles. The van der Waals surface area contributed by atoms with Gasteiger partial charge in [-0.3, -0.25) is 0 Å². The lowest BCUT2D eigenvalue weighted by Crippen LogP contribution is -2.06. The van der Waals surface area contributed by atoms with Crippen molar-refractivity contribution in [3.63, 3.8) is 0 Å². The smallest absolute Gasteiger partial charge is 0.124 e. The van der Waals surface area contributed by atoms with Crippen molar-refractivity contribution in [1.82, 2.24) is 0 Å². The second-order valence-electron chi connectivity index (χ2n) is 6.61. The lowest BCUT2D eigenvalue weighted by atomic mass is 9.98. The number of ether oxygens (including phenoxy) is 2. The fraction of sp³-hybridized carbons (Fsp3) is 0.684. The standard InChI is InChI=1S/C19H30Cl2O2/c1-14(2)6-5-7-15(3)8-9-23-19-11-16(12-20)18(22-4)10-17(19)13-21/h10-11,14-15H,5-9,12-13H2,1-4H3/i12+1,13+1. The zero-order valence-electron chi connectivity index (χ0n) is 14.8. The molecule has 23 heavy (non-hydrogen) atoms. The van der Waals surface area contributed by atoms with Crippen LogP contribution in [-0.4, -0.2) is 13.7 Å². The van der Waals surface area contributed by atoms with E-state index in [4.69, 9.17) is 32.7 Å². The van der Waals surface area contributed by atoms with E-state index >= 15 is 0 Å². The van der Waals surface area contributed by atoms with E-state index in [0.717, 1.165) is 35.0 Å².